The number of nitrogens with one attached hydrogen (secondary N) is 1. The maximum absolute atomic E-state index is 12.4. The second-order valence-corrected chi connectivity index (χ2v) is 8.84. The van der Waals surface area contributed by atoms with E-state index in [-0.39, 0.29) is 18.1 Å². The molecule has 4 aromatic carbocycles. The first-order chi connectivity index (χ1) is 17.9. The van der Waals surface area contributed by atoms with Gasteiger partial charge in [-0.15, -0.1) is 0 Å². The fourth-order valence-corrected chi connectivity index (χ4v) is 4.45. The molecular weight excluding hydrogens is 517 g/mol. The Bertz CT molecular complexity index is 1670. The Labute approximate surface area is 220 Å². The van der Waals surface area contributed by atoms with Gasteiger partial charge in [0.15, 0.2) is 11.5 Å². The monoisotopic (exact) mass is 533 g/mol. The number of carbonyl (C=O) groups is 1. The molecule has 0 radical (unpaired) electrons. The summed E-state index contributed by atoms with van der Waals surface area (Å²) < 4.78 is 11.4. The number of nitrogens with zero attached hydrogens (tertiary/aromatic N) is 2. The molecule has 184 valence electrons. The highest BCUT2D eigenvalue weighted by Crippen LogP contribution is 2.35. The number of ether oxygens (including phenoxy) is 1. The minimum atomic E-state index is -0.623. The molecule has 5 aromatic rings. The number of rotatable bonds is 7. The summed E-state index contributed by atoms with van der Waals surface area (Å²) in [5.74, 6) is -0.322. The molecule has 0 saturated carbocycles. The molecule has 0 spiro atoms. The number of nitro groups is 1. The number of non-ortho nitro benzene ring substituents is 1. The van der Waals surface area contributed by atoms with Crippen molar-refractivity contribution in [3.05, 3.63) is 116 Å². The molecule has 8 nitrogen and oxygen atoms in total. The van der Waals surface area contributed by atoms with Crippen LogP contribution >= 0.6 is 23.2 Å². The third-order valence-corrected chi connectivity index (χ3v) is 6.15. The molecule has 0 fully saturated rings. The number of carbonyl (C=O) groups excluding carboxylic acids is 1. The minimum absolute atomic E-state index is 0.0408. The Hall–Kier alpha value is -4.40. The van der Waals surface area contributed by atoms with Crippen molar-refractivity contribution in [1.82, 2.24) is 5.43 Å². The van der Waals surface area contributed by atoms with Crippen molar-refractivity contribution in [3.8, 4) is 5.75 Å². The van der Waals surface area contributed by atoms with Gasteiger partial charge in [0.1, 0.15) is 12.2 Å². The summed E-state index contributed by atoms with van der Waals surface area (Å²) in [6.07, 6.45) is 1.37. The van der Waals surface area contributed by atoms with Gasteiger partial charge in [0.25, 0.3) is 5.69 Å². The molecule has 0 aliphatic heterocycles. The first-order valence-electron chi connectivity index (χ1n) is 11.0. The highest BCUT2D eigenvalue weighted by Gasteiger charge is 2.15. The molecule has 0 saturated heterocycles. The van der Waals surface area contributed by atoms with Crippen molar-refractivity contribution in [2.24, 2.45) is 5.10 Å². The van der Waals surface area contributed by atoms with Gasteiger partial charge in [0.2, 0.25) is 0 Å². The van der Waals surface area contributed by atoms with Crippen LogP contribution in [0.2, 0.25) is 10.0 Å². The Morgan fingerprint density at radius 2 is 1.76 bits per heavy atom. The van der Waals surface area contributed by atoms with E-state index in [1.165, 1.54) is 30.5 Å². The van der Waals surface area contributed by atoms with Crippen LogP contribution in [0, 0.1) is 10.1 Å². The van der Waals surface area contributed by atoms with Crippen molar-refractivity contribution in [2.45, 2.75) is 6.61 Å². The van der Waals surface area contributed by atoms with Crippen LogP contribution in [0.1, 0.15) is 21.7 Å². The maximum Gasteiger partial charge on any atom is 0.307 e. The Morgan fingerprint density at radius 3 is 2.54 bits per heavy atom. The van der Waals surface area contributed by atoms with Crippen molar-refractivity contribution in [2.75, 3.05) is 0 Å². The number of hydrazone groups is 1. The number of fused-ring (bicyclic) bond motifs is 2. The molecule has 1 amide bonds. The third-order valence-electron chi connectivity index (χ3n) is 5.59. The normalized spacial score (nSPS) is 11.3. The van der Waals surface area contributed by atoms with Crippen LogP contribution in [0.25, 0.3) is 21.7 Å². The highest BCUT2D eigenvalue weighted by molar-refractivity contribution is 6.37. The molecule has 10 heteroatoms. The molecule has 0 atom stereocenters. The highest BCUT2D eigenvalue weighted by atomic mass is 35.5. The van der Waals surface area contributed by atoms with Gasteiger partial charge in [-0.1, -0.05) is 65.7 Å². The van der Waals surface area contributed by atoms with Crippen molar-refractivity contribution >= 4 is 62.8 Å². The molecule has 5 rings (SSSR count). The third kappa shape index (κ3) is 5.25. The average molecular weight is 534 g/mol. The van der Waals surface area contributed by atoms with Crippen molar-refractivity contribution in [3.63, 3.8) is 0 Å². The van der Waals surface area contributed by atoms with E-state index in [1.54, 1.807) is 12.1 Å². The zero-order valence-corrected chi connectivity index (χ0v) is 20.5. The van der Waals surface area contributed by atoms with Crippen molar-refractivity contribution < 1.29 is 18.9 Å². The number of hydrogen-bond donors (Lipinski definition) is 1. The second kappa shape index (κ2) is 10.3. The van der Waals surface area contributed by atoms with E-state index >= 15 is 0 Å². The molecule has 37 heavy (non-hydrogen) atoms. The number of furan rings is 1. The van der Waals surface area contributed by atoms with Crippen LogP contribution in [0.4, 0.5) is 5.69 Å². The summed E-state index contributed by atoms with van der Waals surface area (Å²) in [5, 5.41) is 18.1. The fourth-order valence-electron chi connectivity index (χ4n) is 3.84. The smallest absolute Gasteiger partial charge is 0.307 e. The predicted molar refractivity (Wildman–Crippen MR) is 143 cm³/mol. The van der Waals surface area contributed by atoms with Gasteiger partial charge in [0, 0.05) is 17.5 Å². The first kappa shape index (κ1) is 24.3. The van der Waals surface area contributed by atoms with Gasteiger partial charge >= 0.3 is 5.91 Å². The molecule has 1 aromatic heterocycles. The molecule has 0 aliphatic carbocycles. The van der Waals surface area contributed by atoms with Crippen LogP contribution in [0.3, 0.4) is 0 Å². The number of hydrogen-bond acceptors (Lipinski definition) is 6. The van der Waals surface area contributed by atoms with Gasteiger partial charge in [-0.2, -0.15) is 5.10 Å². The topological polar surface area (TPSA) is 107 Å². The molecule has 1 N–H and O–H groups in total. The number of amides is 1. The van der Waals surface area contributed by atoms with Crippen LogP contribution in [-0.2, 0) is 6.61 Å². The van der Waals surface area contributed by atoms with Gasteiger partial charge in [-0.25, -0.2) is 5.43 Å². The van der Waals surface area contributed by atoms with E-state index in [4.69, 9.17) is 32.4 Å². The van der Waals surface area contributed by atoms with Gasteiger partial charge < -0.3 is 9.15 Å². The van der Waals surface area contributed by atoms with E-state index in [9.17, 15) is 14.9 Å². The second-order valence-electron chi connectivity index (χ2n) is 8.03. The Kier molecular flexibility index (Phi) is 6.76. The zero-order chi connectivity index (χ0) is 25.9. The number of halogens is 2. The van der Waals surface area contributed by atoms with Crippen LogP contribution in [0.5, 0.6) is 5.75 Å². The summed E-state index contributed by atoms with van der Waals surface area (Å²) in [4.78, 5) is 22.8. The lowest BCUT2D eigenvalue weighted by atomic mass is 10.1. The summed E-state index contributed by atoms with van der Waals surface area (Å²) in [6, 6.07) is 22.7. The Morgan fingerprint density at radius 1 is 1.00 bits per heavy atom. The summed E-state index contributed by atoms with van der Waals surface area (Å²) in [7, 11) is 0. The summed E-state index contributed by atoms with van der Waals surface area (Å²) in [5.41, 5.74) is 4.13. The minimum Gasteiger partial charge on any atom is -0.486 e. The summed E-state index contributed by atoms with van der Waals surface area (Å²) in [6.45, 7) is 0.283. The fraction of sp³-hybridized carbons (Fsp3) is 0.0370. The quantitative estimate of drug-likeness (QED) is 0.136. The average Bonchev–Trinajstić information content (AvgIpc) is 3.32. The van der Waals surface area contributed by atoms with Crippen LogP contribution in [-0.4, -0.2) is 17.0 Å². The standard InChI is InChI=1S/C27H17Cl2N3O5/c28-22-10-16(11-23(29)26(22)36-15-18-6-3-5-17-4-1-2-7-21(17)18)14-30-31-27(33)25-13-19-12-20(32(34)35)8-9-24(19)37-25/h1-14H,15H2,(H,31,33)/b30-14-. The molecule has 0 unspecified atom stereocenters. The summed E-state index contributed by atoms with van der Waals surface area (Å²) >= 11 is 12.8. The number of nitro benzene ring substituents is 1. The lowest BCUT2D eigenvalue weighted by molar-refractivity contribution is -0.384. The lowest BCUT2D eigenvalue weighted by Crippen LogP contribution is -2.16. The number of benzene rings is 4. The Balaban J connectivity index is 1.26. The van der Waals surface area contributed by atoms with E-state index in [2.05, 4.69) is 10.5 Å². The maximum atomic E-state index is 12.4. The first-order valence-corrected chi connectivity index (χ1v) is 11.7. The van der Waals surface area contributed by atoms with Crippen molar-refractivity contribution in [1.29, 1.82) is 0 Å². The largest absolute Gasteiger partial charge is 0.486 e. The van der Waals surface area contributed by atoms with E-state index < -0.39 is 10.8 Å². The zero-order valence-electron chi connectivity index (χ0n) is 19.0. The van der Waals surface area contributed by atoms with Crippen LogP contribution < -0.4 is 10.2 Å². The van der Waals surface area contributed by atoms with Gasteiger partial charge in [-0.3, -0.25) is 14.9 Å². The predicted octanol–water partition coefficient (Wildman–Crippen LogP) is 7.14. The van der Waals surface area contributed by atoms with Gasteiger partial charge in [0.05, 0.1) is 21.2 Å². The van der Waals surface area contributed by atoms with E-state index in [1.807, 2.05) is 42.5 Å². The molecule has 1 heterocycles. The van der Waals surface area contributed by atoms with Crippen LogP contribution in [0.15, 0.2) is 88.4 Å². The lowest BCUT2D eigenvalue weighted by Gasteiger charge is -2.12. The van der Waals surface area contributed by atoms with E-state index in [0.717, 1.165) is 16.3 Å². The van der Waals surface area contributed by atoms with E-state index in [0.29, 0.717) is 32.3 Å². The molecule has 0 aliphatic rings. The molecular formula is C27H17Cl2N3O5. The van der Waals surface area contributed by atoms with Gasteiger partial charge in [-0.05, 0) is 46.2 Å². The SMILES string of the molecule is O=C(N/N=C\c1cc(Cl)c(OCc2cccc3ccccc23)c(Cl)c1)c1cc2cc([N+](=O)[O-])ccc2o1. The molecule has 0 bridgehead atoms.